The molecule has 5 heteroatoms. The fraction of sp³-hybridized carbons (Fsp3) is 0.0769. The number of anilines is 1. The summed E-state index contributed by atoms with van der Waals surface area (Å²) >= 11 is 8.08. The van der Waals surface area contributed by atoms with Crippen LogP contribution in [0.4, 0.5) is 5.82 Å². The van der Waals surface area contributed by atoms with Crippen LogP contribution in [0.2, 0.25) is 5.02 Å². The number of nitrogens with one attached hydrogen (secondary N) is 1. The summed E-state index contributed by atoms with van der Waals surface area (Å²) in [5, 5.41) is 3.28. The number of aryl methyl sites for hydroxylation is 1. The molecular weight excluding hydrogens is 363 g/mol. The Hall–Kier alpha value is -1.14. The summed E-state index contributed by atoms with van der Waals surface area (Å²) in [5.74, 6) is 0.312. The first-order chi connectivity index (χ1) is 8.54. The van der Waals surface area contributed by atoms with Gasteiger partial charge in [-0.3, -0.25) is 4.79 Å². The first-order valence-electron chi connectivity index (χ1n) is 5.25. The highest BCUT2D eigenvalue weighted by molar-refractivity contribution is 14.1. The van der Waals surface area contributed by atoms with E-state index in [1.165, 1.54) is 0 Å². The van der Waals surface area contributed by atoms with Gasteiger partial charge in [0.15, 0.2) is 0 Å². The minimum Gasteiger partial charge on any atom is -0.307 e. The number of carbonyl (C=O) groups excluding carboxylic acids is 1. The molecule has 0 aliphatic heterocycles. The first-order valence-corrected chi connectivity index (χ1v) is 6.70. The van der Waals surface area contributed by atoms with E-state index < -0.39 is 0 Å². The van der Waals surface area contributed by atoms with E-state index in [1.54, 1.807) is 24.4 Å². The summed E-state index contributed by atoms with van der Waals surface area (Å²) in [7, 11) is 0. The molecule has 18 heavy (non-hydrogen) atoms. The Bertz CT molecular complexity index is 564. The number of halogens is 2. The molecule has 0 aliphatic carbocycles. The summed E-state index contributed by atoms with van der Waals surface area (Å²) in [5.41, 5.74) is 1.48. The molecule has 0 atom stereocenters. The lowest BCUT2D eigenvalue weighted by atomic mass is 10.1. The van der Waals surface area contributed by atoms with Crippen molar-refractivity contribution in [1.82, 2.24) is 4.98 Å². The van der Waals surface area contributed by atoms with E-state index in [4.69, 9.17) is 11.6 Å². The van der Waals surface area contributed by atoms with Gasteiger partial charge in [0, 0.05) is 20.4 Å². The number of carbonyl (C=O) groups is 1. The molecule has 0 saturated carbocycles. The highest BCUT2D eigenvalue weighted by Crippen LogP contribution is 2.16. The Balaban J connectivity index is 2.19. The minimum atomic E-state index is -0.214. The summed E-state index contributed by atoms with van der Waals surface area (Å²) in [6, 6.07) is 8.87. The topological polar surface area (TPSA) is 42.0 Å². The molecule has 1 N–H and O–H groups in total. The van der Waals surface area contributed by atoms with Crippen LogP contribution in [-0.4, -0.2) is 10.9 Å². The molecular formula is C13H10ClIN2O. The number of hydrogen-bond donors (Lipinski definition) is 1. The SMILES string of the molecule is Cc1cc(Cl)cc(C(=O)Nc2ccc(I)cn2)c1. The Labute approximate surface area is 124 Å². The molecule has 1 aromatic heterocycles. The summed E-state index contributed by atoms with van der Waals surface area (Å²) < 4.78 is 1.02. The molecule has 0 saturated heterocycles. The van der Waals surface area contributed by atoms with Gasteiger partial charge in [0.1, 0.15) is 5.82 Å². The molecule has 0 radical (unpaired) electrons. The van der Waals surface area contributed by atoms with E-state index in [2.05, 4.69) is 32.9 Å². The number of amides is 1. The van der Waals surface area contributed by atoms with Crippen LogP contribution in [0.3, 0.4) is 0 Å². The smallest absolute Gasteiger partial charge is 0.256 e. The van der Waals surface area contributed by atoms with Gasteiger partial charge in [0.2, 0.25) is 0 Å². The first kappa shape index (κ1) is 13.3. The molecule has 92 valence electrons. The summed E-state index contributed by atoms with van der Waals surface area (Å²) in [6.45, 7) is 1.89. The molecule has 0 spiro atoms. The molecule has 3 nitrogen and oxygen atoms in total. The van der Waals surface area contributed by atoms with Crippen molar-refractivity contribution in [2.75, 3.05) is 5.32 Å². The zero-order valence-corrected chi connectivity index (χ0v) is 12.5. The van der Waals surface area contributed by atoms with Crippen molar-refractivity contribution in [3.63, 3.8) is 0 Å². The summed E-state index contributed by atoms with van der Waals surface area (Å²) in [4.78, 5) is 16.1. The molecule has 2 rings (SSSR count). The van der Waals surface area contributed by atoms with Crippen LogP contribution < -0.4 is 5.32 Å². The van der Waals surface area contributed by atoms with Crippen molar-refractivity contribution in [2.45, 2.75) is 6.92 Å². The van der Waals surface area contributed by atoms with Gasteiger partial charge in [-0.1, -0.05) is 11.6 Å². The van der Waals surface area contributed by atoms with E-state index in [0.29, 0.717) is 16.4 Å². The maximum Gasteiger partial charge on any atom is 0.256 e. The predicted octanol–water partition coefficient (Wildman–Crippen LogP) is 3.90. The average molecular weight is 373 g/mol. The van der Waals surface area contributed by atoms with Gasteiger partial charge in [0.05, 0.1) is 0 Å². The maximum atomic E-state index is 12.0. The zero-order chi connectivity index (χ0) is 13.1. The number of benzene rings is 1. The lowest BCUT2D eigenvalue weighted by Crippen LogP contribution is -2.13. The number of hydrogen-bond acceptors (Lipinski definition) is 2. The van der Waals surface area contributed by atoms with Gasteiger partial charge in [0.25, 0.3) is 5.91 Å². The quantitative estimate of drug-likeness (QED) is 0.813. The molecule has 1 heterocycles. The molecule has 0 aliphatic rings. The van der Waals surface area contributed by atoms with E-state index in [9.17, 15) is 4.79 Å². The monoisotopic (exact) mass is 372 g/mol. The van der Waals surface area contributed by atoms with Crippen LogP contribution in [0, 0.1) is 10.5 Å². The van der Waals surface area contributed by atoms with E-state index in [0.717, 1.165) is 9.13 Å². The van der Waals surface area contributed by atoms with Gasteiger partial charge in [-0.25, -0.2) is 4.98 Å². The highest BCUT2D eigenvalue weighted by atomic mass is 127. The van der Waals surface area contributed by atoms with Crippen molar-refractivity contribution in [3.05, 3.63) is 56.2 Å². The van der Waals surface area contributed by atoms with Crippen LogP contribution in [-0.2, 0) is 0 Å². The average Bonchev–Trinajstić information content (AvgIpc) is 2.31. The Morgan fingerprint density at radius 1 is 1.33 bits per heavy atom. The molecule has 1 aromatic carbocycles. The van der Waals surface area contributed by atoms with Gasteiger partial charge < -0.3 is 5.32 Å². The van der Waals surface area contributed by atoms with Crippen LogP contribution in [0.15, 0.2) is 36.5 Å². The minimum absolute atomic E-state index is 0.214. The second-order valence-corrected chi connectivity index (χ2v) is 5.52. The van der Waals surface area contributed by atoms with Crippen LogP contribution in [0.1, 0.15) is 15.9 Å². The lowest BCUT2D eigenvalue weighted by Gasteiger charge is -2.06. The third-order valence-corrected chi connectivity index (χ3v) is 3.13. The van der Waals surface area contributed by atoms with Crippen LogP contribution in [0.5, 0.6) is 0 Å². The largest absolute Gasteiger partial charge is 0.307 e. The number of nitrogens with zero attached hydrogens (tertiary/aromatic N) is 1. The van der Waals surface area contributed by atoms with Crippen LogP contribution >= 0.6 is 34.2 Å². The lowest BCUT2D eigenvalue weighted by molar-refractivity contribution is 0.102. The fourth-order valence-corrected chi connectivity index (χ4v) is 2.11. The van der Waals surface area contributed by atoms with Crippen molar-refractivity contribution < 1.29 is 4.79 Å². The molecule has 1 amide bonds. The Kier molecular flexibility index (Phi) is 4.19. The van der Waals surface area contributed by atoms with Crippen molar-refractivity contribution in [2.24, 2.45) is 0 Å². The second kappa shape index (κ2) is 5.67. The molecule has 0 fully saturated rings. The fourth-order valence-electron chi connectivity index (χ4n) is 1.51. The third-order valence-electron chi connectivity index (χ3n) is 2.27. The number of pyridine rings is 1. The second-order valence-electron chi connectivity index (χ2n) is 3.83. The van der Waals surface area contributed by atoms with E-state index >= 15 is 0 Å². The van der Waals surface area contributed by atoms with Crippen LogP contribution in [0.25, 0.3) is 0 Å². The predicted molar refractivity (Wildman–Crippen MR) is 81.1 cm³/mol. The number of aromatic nitrogens is 1. The van der Waals surface area contributed by atoms with Gasteiger partial charge in [-0.15, -0.1) is 0 Å². The number of rotatable bonds is 2. The Morgan fingerprint density at radius 3 is 2.72 bits per heavy atom. The standard InChI is InChI=1S/C13H10ClIN2O/c1-8-4-9(6-10(14)5-8)13(18)17-12-3-2-11(15)7-16-12/h2-7H,1H3,(H,16,17,18). The van der Waals surface area contributed by atoms with Gasteiger partial charge in [-0.2, -0.15) is 0 Å². The highest BCUT2D eigenvalue weighted by Gasteiger charge is 2.08. The normalized spacial score (nSPS) is 10.2. The van der Waals surface area contributed by atoms with Gasteiger partial charge in [-0.05, 0) is 65.4 Å². The van der Waals surface area contributed by atoms with Crippen molar-refractivity contribution in [3.8, 4) is 0 Å². The van der Waals surface area contributed by atoms with Crippen molar-refractivity contribution in [1.29, 1.82) is 0 Å². The molecule has 0 bridgehead atoms. The van der Waals surface area contributed by atoms with E-state index in [1.807, 2.05) is 19.1 Å². The zero-order valence-electron chi connectivity index (χ0n) is 9.58. The maximum absolute atomic E-state index is 12.0. The van der Waals surface area contributed by atoms with Gasteiger partial charge >= 0.3 is 0 Å². The van der Waals surface area contributed by atoms with Crippen molar-refractivity contribution >= 4 is 45.9 Å². The third kappa shape index (κ3) is 3.43. The van der Waals surface area contributed by atoms with E-state index in [-0.39, 0.29) is 5.91 Å². The summed E-state index contributed by atoms with van der Waals surface area (Å²) in [6.07, 6.45) is 1.69. The Morgan fingerprint density at radius 2 is 2.11 bits per heavy atom. The molecule has 2 aromatic rings. The molecule has 0 unspecified atom stereocenters.